The summed E-state index contributed by atoms with van der Waals surface area (Å²) in [6.07, 6.45) is 0. The van der Waals surface area contributed by atoms with Crippen molar-refractivity contribution in [2.75, 3.05) is 5.73 Å². The van der Waals surface area contributed by atoms with Crippen LogP contribution in [-0.4, -0.2) is 14.5 Å². The van der Waals surface area contributed by atoms with Gasteiger partial charge in [-0.2, -0.15) is 0 Å². The van der Waals surface area contributed by atoms with E-state index in [1.807, 2.05) is 30.7 Å². The van der Waals surface area contributed by atoms with E-state index in [4.69, 9.17) is 5.73 Å². The van der Waals surface area contributed by atoms with Crippen molar-refractivity contribution in [1.29, 1.82) is 0 Å². The predicted molar refractivity (Wildman–Crippen MR) is 77.4 cm³/mol. The molecule has 0 unspecified atom stereocenters. The molecule has 0 aliphatic carbocycles. The van der Waals surface area contributed by atoms with Gasteiger partial charge < -0.3 is 15.3 Å². The highest BCUT2D eigenvalue weighted by Crippen LogP contribution is 2.36. The number of para-hydroxylation sites is 1. The number of nitrogens with one attached hydrogen (secondary N) is 1. The Labute approximate surface area is 113 Å². The quantitative estimate of drug-likeness (QED) is 0.725. The van der Waals surface area contributed by atoms with E-state index in [1.54, 1.807) is 0 Å². The van der Waals surface area contributed by atoms with Crippen LogP contribution in [0.4, 0.5) is 5.95 Å². The van der Waals surface area contributed by atoms with Gasteiger partial charge in [0.2, 0.25) is 5.95 Å². The molecule has 2 heterocycles. The number of halogens is 1. The number of nitrogens with two attached hydrogens (primary N) is 1. The number of aromatic amines is 1. The zero-order valence-electron chi connectivity index (χ0n) is 10.2. The van der Waals surface area contributed by atoms with Crippen LogP contribution in [0.1, 0.15) is 5.69 Å². The highest BCUT2D eigenvalue weighted by Gasteiger charge is 2.18. The third-order valence-electron chi connectivity index (χ3n) is 3.19. The molecule has 4 nitrogen and oxygen atoms in total. The first-order valence-electron chi connectivity index (χ1n) is 5.65. The Hall–Kier alpha value is -1.75. The van der Waals surface area contributed by atoms with Crippen molar-refractivity contribution in [2.45, 2.75) is 6.92 Å². The minimum absolute atomic E-state index is 0.501. The number of hydrogen-bond acceptors (Lipinski definition) is 2. The van der Waals surface area contributed by atoms with Gasteiger partial charge in [0.25, 0.3) is 0 Å². The van der Waals surface area contributed by atoms with Gasteiger partial charge in [-0.05, 0) is 28.9 Å². The summed E-state index contributed by atoms with van der Waals surface area (Å²) in [5.74, 6) is 0.501. The van der Waals surface area contributed by atoms with Crippen LogP contribution in [0.25, 0.3) is 22.2 Å². The number of aryl methyl sites for hydroxylation is 1. The molecule has 2 aromatic heterocycles. The average Bonchev–Trinajstić information content (AvgIpc) is 2.80. The molecule has 0 atom stereocenters. The molecule has 0 saturated carbocycles. The first kappa shape index (κ1) is 11.3. The summed E-state index contributed by atoms with van der Waals surface area (Å²) < 4.78 is 2.73. The summed E-state index contributed by atoms with van der Waals surface area (Å²) >= 11 is 3.55. The smallest absolute Gasteiger partial charge is 0.201 e. The highest BCUT2D eigenvalue weighted by molar-refractivity contribution is 9.10. The summed E-state index contributed by atoms with van der Waals surface area (Å²) in [7, 11) is 1.89. The lowest BCUT2D eigenvalue weighted by atomic mass is 10.1. The molecule has 3 aromatic rings. The maximum atomic E-state index is 5.85. The second-order valence-corrected chi connectivity index (χ2v) is 5.09. The van der Waals surface area contributed by atoms with E-state index in [2.05, 4.69) is 38.0 Å². The molecule has 1 aromatic carbocycles. The Bertz CT molecular complexity index is 739. The number of rotatable bonds is 1. The third kappa shape index (κ3) is 1.47. The lowest BCUT2D eigenvalue weighted by molar-refractivity contribution is 0.907. The molecule has 0 saturated heterocycles. The number of aromatic nitrogens is 3. The minimum Gasteiger partial charge on any atom is -0.369 e. The van der Waals surface area contributed by atoms with Crippen LogP contribution in [0, 0.1) is 6.92 Å². The molecule has 3 rings (SSSR count). The van der Waals surface area contributed by atoms with Gasteiger partial charge in [-0.1, -0.05) is 18.2 Å². The average molecular weight is 305 g/mol. The predicted octanol–water partition coefficient (Wildman–Crippen LogP) is 3.22. The van der Waals surface area contributed by atoms with Crippen molar-refractivity contribution in [3.8, 4) is 11.3 Å². The Balaban J connectivity index is 2.37. The molecule has 3 N–H and O–H groups in total. The molecule has 0 fully saturated rings. The van der Waals surface area contributed by atoms with E-state index in [-0.39, 0.29) is 0 Å². The topological polar surface area (TPSA) is 59.6 Å². The zero-order valence-corrected chi connectivity index (χ0v) is 11.7. The molecule has 18 heavy (non-hydrogen) atoms. The molecule has 0 amide bonds. The minimum atomic E-state index is 0.501. The summed E-state index contributed by atoms with van der Waals surface area (Å²) in [6.45, 7) is 2.05. The van der Waals surface area contributed by atoms with Crippen molar-refractivity contribution < 1.29 is 0 Å². The maximum absolute atomic E-state index is 5.85. The van der Waals surface area contributed by atoms with Gasteiger partial charge in [-0.3, -0.25) is 0 Å². The molecule has 0 radical (unpaired) electrons. The van der Waals surface area contributed by atoms with Gasteiger partial charge >= 0.3 is 0 Å². The van der Waals surface area contributed by atoms with Crippen molar-refractivity contribution in [3.05, 3.63) is 34.6 Å². The van der Waals surface area contributed by atoms with Crippen molar-refractivity contribution in [3.63, 3.8) is 0 Å². The lowest BCUT2D eigenvalue weighted by Gasteiger charge is -1.99. The number of nitrogen functional groups attached to an aromatic ring is 1. The van der Waals surface area contributed by atoms with Crippen molar-refractivity contribution >= 4 is 32.8 Å². The van der Waals surface area contributed by atoms with E-state index in [9.17, 15) is 0 Å². The van der Waals surface area contributed by atoms with Crippen LogP contribution in [0.5, 0.6) is 0 Å². The lowest BCUT2D eigenvalue weighted by Crippen LogP contribution is -1.96. The number of hydrogen-bond donors (Lipinski definition) is 2. The second-order valence-electron chi connectivity index (χ2n) is 4.34. The fraction of sp³-hybridized carbons (Fsp3) is 0.154. The Kier molecular flexibility index (Phi) is 2.45. The first-order valence-corrected chi connectivity index (χ1v) is 6.44. The zero-order chi connectivity index (χ0) is 12.9. The normalized spacial score (nSPS) is 11.3. The highest BCUT2D eigenvalue weighted by atomic mass is 79.9. The molecule has 0 bridgehead atoms. The Morgan fingerprint density at radius 3 is 2.72 bits per heavy atom. The van der Waals surface area contributed by atoms with Gasteiger partial charge in [0, 0.05) is 29.2 Å². The van der Waals surface area contributed by atoms with Crippen molar-refractivity contribution in [2.24, 2.45) is 7.05 Å². The summed E-state index contributed by atoms with van der Waals surface area (Å²) in [4.78, 5) is 7.81. The molecular formula is C13H13BrN4. The largest absolute Gasteiger partial charge is 0.369 e. The first-order chi connectivity index (χ1) is 8.59. The summed E-state index contributed by atoms with van der Waals surface area (Å²) in [6, 6.07) is 8.20. The summed E-state index contributed by atoms with van der Waals surface area (Å²) in [5, 5.41) is 1.16. The van der Waals surface area contributed by atoms with E-state index < -0.39 is 0 Å². The van der Waals surface area contributed by atoms with Gasteiger partial charge in [-0.25, -0.2) is 4.98 Å². The third-order valence-corrected chi connectivity index (χ3v) is 4.10. The van der Waals surface area contributed by atoms with E-state index >= 15 is 0 Å². The number of fused-ring (bicyclic) bond motifs is 1. The van der Waals surface area contributed by atoms with Crippen LogP contribution >= 0.6 is 15.9 Å². The molecule has 0 aliphatic heterocycles. The Morgan fingerprint density at radius 1 is 1.33 bits per heavy atom. The fourth-order valence-electron chi connectivity index (χ4n) is 2.24. The Morgan fingerprint density at radius 2 is 2.06 bits per heavy atom. The number of H-pyrrole nitrogens is 1. The van der Waals surface area contributed by atoms with Gasteiger partial charge in [-0.15, -0.1) is 0 Å². The molecule has 5 heteroatoms. The van der Waals surface area contributed by atoms with Crippen LogP contribution in [0.15, 0.2) is 28.9 Å². The number of anilines is 1. The van der Waals surface area contributed by atoms with E-state index in [0.29, 0.717) is 5.95 Å². The number of imidazole rings is 1. The van der Waals surface area contributed by atoms with Crippen molar-refractivity contribution in [1.82, 2.24) is 14.5 Å². The SMILES string of the molecule is Cc1[nH]c2ccccc2c1-c1nc(N)n(C)c1Br. The van der Waals surface area contributed by atoms with Crippen LogP contribution in [0.3, 0.4) is 0 Å². The maximum Gasteiger partial charge on any atom is 0.201 e. The standard InChI is InChI=1S/C13H13BrN4/c1-7-10(8-5-3-4-6-9(8)16-7)11-12(14)18(2)13(15)17-11/h3-6,16H,1-2H3,(H2,15,17). The monoisotopic (exact) mass is 304 g/mol. The second kappa shape index (κ2) is 3.88. The van der Waals surface area contributed by atoms with Crippen LogP contribution < -0.4 is 5.73 Å². The van der Waals surface area contributed by atoms with E-state index in [1.165, 1.54) is 0 Å². The van der Waals surface area contributed by atoms with Gasteiger partial charge in [0.15, 0.2) is 0 Å². The van der Waals surface area contributed by atoms with Crippen LogP contribution in [0.2, 0.25) is 0 Å². The molecule has 0 spiro atoms. The molecule has 0 aliphatic rings. The number of benzene rings is 1. The fourth-order valence-corrected chi connectivity index (χ4v) is 2.70. The molecule has 92 valence electrons. The van der Waals surface area contributed by atoms with Crippen LogP contribution in [-0.2, 0) is 7.05 Å². The summed E-state index contributed by atoms with van der Waals surface area (Å²) in [5.41, 5.74) is 10.0. The van der Waals surface area contributed by atoms with Gasteiger partial charge in [0.1, 0.15) is 10.3 Å². The number of nitrogens with zero attached hydrogens (tertiary/aromatic N) is 2. The molecular weight excluding hydrogens is 292 g/mol. The van der Waals surface area contributed by atoms with Gasteiger partial charge in [0.05, 0.1) is 0 Å². The van der Waals surface area contributed by atoms with E-state index in [0.717, 1.165) is 32.5 Å².